The van der Waals surface area contributed by atoms with Crippen LogP contribution in [0.15, 0.2) is 18.2 Å². The molecule has 3 heteroatoms. The van der Waals surface area contributed by atoms with Crippen molar-refractivity contribution >= 4 is 11.7 Å². The first-order chi connectivity index (χ1) is 7.74. The number of carbonyl (C=O) groups excluding carboxylic acids is 1. The van der Waals surface area contributed by atoms with Gasteiger partial charge in [-0.3, -0.25) is 4.79 Å². The van der Waals surface area contributed by atoms with E-state index in [2.05, 4.69) is 18.3 Å². The Balaban J connectivity index is 2.33. The van der Waals surface area contributed by atoms with Crippen LogP contribution in [0, 0.1) is 6.92 Å². The van der Waals surface area contributed by atoms with Crippen molar-refractivity contribution in [3.05, 3.63) is 29.3 Å². The van der Waals surface area contributed by atoms with Crippen LogP contribution in [0.1, 0.15) is 30.4 Å². The van der Waals surface area contributed by atoms with Gasteiger partial charge in [-0.05, 0) is 31.4 Å². The molecule has 1 N–H and O–H groups in total. The number of para-hydroxylation sites is 1. The molecule has 1 heterocycles. The Hall–Kier alpha value is -1.51. The highest BCUT2D eigenvalue weighted by molar-refractivity contribution is 5.82. The maximum atomic E-state index is 11.8. The number of rotatable bonds is 2. The number of fused-ring (bicyclic) bond motifs is 1. The molecule has 0 amide bonds. The summed E-state index contributed by atoms with van der Waals surface area (Å²) in [5, 5.41) is 3.35. The first-order valence-electron chi connectivity index (χ1n) is 5.74. The number of benzene rings is 1. The van der Waals surface area contributed by atoms with Crippen LogP contribution in [0.3, 0.4) is 0 Å². The topological polar surface area (TPSA) is 38.3 Å². The maximum Gasteiger partial charge on any atom is 0.313 e. The van der Waals surface area contributed by atoms with Crippen molar-refractivity contribution in [2.24, 2.45) is 0 Å². The summed E-state index contributed by atoms with van der Waals surface area (Å²) < 4.78 is 5.11. The molecule has 3 nitrogen and oxygen atoms in total. The third-order valence-electron chi connectivity index (χ3n) is 2.99. The van der Waals surface area contributed by atoms with E-state index in [9.17, 15) is 4.79 Å². The second kappa shape index (κ2) is 4.56. The number of anilines is 1. The molecule has 1 aromatic rings. The minimum atomic E-state index is -0.101. The van der Waals surface area contributed by atoms with Crippen molar-refractivity contribution in [3.8, 4) is 0 Å². The Labute approximate surface area is 95.8 Å². The molecule has 0 bridgehead atoms. The van der Waals surface area contributed by atoms with Gasteiger partial charge < -0.3 is 10.1 Å². The highest BCUT2D eigenvalue weighted by Crippen LogP contribution is 2.34. The molecule has 0 aromatic heterocycles. The molecule has 1 atom stereocenters. The lowest BCUT2D eigenvalue weighted by Gasteiger charge is -2.26. The van der Waals surface area contributed by atoms with Crippen LogP contribution in [-0.2, 0) is 9.53 Å². The fraction of sp³-hybridized carbons (Fsp3) is 0.462. The van der Waals surface area contributed by atoms with Gasteiger partial charge in [-0.1, -0.05) is 18.2 Å². The average molecular weight is 219 g/mol. The maximum absolute atomic E-state index is 11.8. The van der Waals surface area contributed by atoms with Crippen LogP contribution in [0.25, 0.3) is 0 Å². The molecule has 0 saturated heterocycles. The highest BCUT2D eigenvalue weighted by Gasteiger charge is 2.27. The molecule has 16 heavy (non-hydrogen) atoms. The van der Waals surface area contributed by atoms with Gasteiger partial charge in [-0.25, -0.2) is 0 Å². The summed E-state index contributed by atoms with van der Waals surface area (Å²) in [6, 6.07) is 6.06. The van der Waals surface area contributed by atoms with Crippen molar-refractivity contribution in [3.63, 3.8) is 0 Å². The van der Waals surface area contributed by atoms with E-state index >= 15 is 0 Å². The molecule has 2 rings (SSSR count). The number of carbonyl (C=O) groups is 1. The quantitative estimate of drug-likeness (QED) is 0.776. The zero-order valence-electron chi connectivity index (χ0n) is 9.75. The van der Waals surface area contributed by atoms with Crippen molar-refractivity contribution < 1.29 is 9.53 Å². The number of aryl methyl sites for hydroxylation is 1. The zero-order chi connectivity index (χ0) is 11.5. The summed E-state index contributed by atoms with van der Waals surface area (Å²) in [4.78, 5) is 11.8. The molecule has 0 fully saturated rings. The van der Waals surface area contributed by atoms with E-state index in [-0.39, 0.29) is 11.9 Å². The predicted octanol–water partition coefficient (Wildman–Crippen LogP) is 2.46. The van der Waals surface area contributed by atoms with E-state index in [1.165, 1.54) is 5.56 Å². The molecule has 1 aliphatic rings. The third-order valence-corrected chi connectivity index (χ3v) is 2.99. The van der Waals surface area contributed by atoms with Gasteiger partial charge in [0.25, 0.3) is 0 Å². The van der Waals surface area contributed by atoms with E-state index in [0.29, 0.717) is 6.61 Å². The van der Waals surface area contributed by atoms with Crippen LogP contribution in [0.5, 0.6) is 0 Å². The molecule has 0 spiro atoms. The van der Waals surface area contributed by atoms with Crippen LogP contribution < -0.4 is 5.32 Å². The predicted molar refractivity (Wildman–Crippen MR) is 63.7 cm³/mol. The van der Waals surface area contributed by atoms with Gasteiger partial charge in [0.2, 0.25) is 0 Å². The molecule has 86 valence electrons. The Bertz CT molecular complexity index is 401. The number of ether oxygens (including phenoxy) is 1. The lowest BCUT2D eigenvalue weighted by molar-refractivity contribution is -0.145. The third kappa shape index (κ3) is 1.90. The standard InChI is InChI=1S/C13H17NO2/c1-3-16-13(15)11-7-8-14-12-9(2)5-4-6-10(11)12/h4-6,11,14H,3,7-8H2,1-2H3. The molecule has 0 saturated carbocycles. The van der Waals surface area contributed by atoms with Gasteiger partial charge in [0.1, 0.15) is 0 Å². The number of esters is 1. The summed E-state index contributed by atoms with van der Waals surface area (Å²) in [6.07, 6.45) is 0.815. The fourth-order valence-corrected chi connectivity index (χ4v) is 2.21. The molecule has 1 aliphatic heterocycles. The van der Waals surface area contributed by atoms with E-state index in [0.717, 1.165) is 24.2 Å². The second-order valence-corrected chi connectivity index (χ2v) is 4.06. The Kier molecular flexibility index (Phi) is 3.13. The number of hydrogen-bond acceptors (Lipinski definition) is 3. The largest absolute Gasteiger partial charge is 0.466 e. The van der Waals surface area contributed by atoms with Crippen molar-refractivity contribution in [2.45, 2.75) is 26.2 Å². The zero-order valence-corrected chi connectivity index (χ0v) is 9.75. The molecular weight excluding hydrogens is 202 g/mol. The first kappa shape index (κ1) is 11.0. The van der Waals surface area contributed by atoms with Crippen LogP contribution >= 0.6 is 0 Å². The second-order valence-electron chi connectivity index (χ2n) is 4.06. The van der Waals surface area contributed by atoms with E-state index < -0.39 is 0 Å². The van der Waals surface area contributed by atoms with Crippen molar-refractivity contribution in [2.75, 3.05) is 18.5 Å². The van der Waals surface area contributed by atoms with Crippen molar-refractivity contribution in [1.29, 1.82) is 0 Å². The van der Waals surface area contributed by atoms with Gasteiger partial charge in [-0.2, -0.15) is 0 Å². The fourth-order valence-electron chi connectivity index (χ4n) is 2.21. The van der Waals surface area contributed by atoms with Crippen LogP contribution in [-0.4, -0.2) is 19.1 Å². The lowest BCUT2D eigenvalue weighted by Crippen LogP contribution is -2.25. The minimum Gasteiger partial charge on any atom is -0.466 e. The van der Waals surface area contributed by atoms with Crippen LogP contribution in [0.4, 0.5) is 5.69 Å². The van der Waals surface area contributed by atoms with E-state index in [4.69, 9.17) is 4.74 Å². The van der Waals surface area contributed by atoms with Crippen LogP contribution in [0.2, 0.25) is 0 Å². The van der Waals surface area contributed by atoms with Gasteiger partial charge in [0, 0.05) is 12.2 Å². The van der Waals surface area contributed by atoms with Gasteiger partial charge in [0.15, 0.2) is 0 Å². The summed E-state index contributed by atoms with van der Waals surface area (Å²) in [5.74, 6) is -0.202. The smallest absolute Gasteiger partial charge is 0.313 e. The average Bonchev–Trinajstić information content (AvgIpc) is 2.29. The highest BCUT2D eigenvalue weighted by atomic mass is 16.5. The molecule has 0 aliphatic carbocycles. The Morgan fingerprint density at radius 2 is 2.38 bits per heavy atom. The summed E-state index contributed by atoms with van der Waals surface area (Å²) in [7, 11) is 0. The van der Waals surface area contributed by atoms with E-state index in [1.807, 2.05) is 19.1 Å². The monoisotopic (exact) mass is 219 g/mol. The molecule has 1 aromatic carbocycles. The molecule has 0 radical (unpaired) electrons. The minimum absolute atomic E-state index is 0.101. The van der Waals surface area contributed by atoms with Gasteiger partial charge >= 0.3 is 5.97 Å². The molecule has 1 unspecified atom stereocenters. The molecular formula is C13H17NO2. The normalized spacial score (nSPS) is 18.5. The summed E-state index contributed by atoms with van der Waals surface area (Å²) >= 11 is 0. The SMILES string of the molecule is CCOC(=O)C1CCNc2c(C)cccc21. The number of hydrogen-bond donors (Lipinski definition) is 1. The Morgan fingerprint density at radius 3 is 3.12 bits per heavy atom. The number of nitrogens with one attached hydrogen (secondary N) is 1. The summed E-state index contributed by atoms with van der Waals surface area (Å²) in [6.45, 7) is 5.18. The van der Waals surface area contributed by atoms with E-state index in [1.54, 1.807) is 0 Å². The van der Waals surface area contributed by atoms with Gasteiger partial charge in [-0.15, -0.1) is 0 Å². The van der Waals surface area contributed by atoms with Crippen molar-refractivity contribution in [1.82, 2.24) is 0 Å². The lowest BCUT2D eigenvalue weighted by atomic mass is 9.89. The van der Waals surface area contributed by atoms with Gasteiger partial charge in [0.05, 0.1) is 12.5 Å². The summed E-state index contributed by atoms with van der Waals surface area (Å²) in [5.41, 5.74) is 3.36. The Morgan fingerprint density at radius 1 is 1.56 bits per heavy atom. The first-order valence-corrected chi connectivity index (χ1v) is 5.74.